The Hall–Kier alpha value is -6.38. The van der Waals surface area contributed by atoms with Crippen molar-refractivity contribution in [1.82, 2.24) is 34.9 Å². The van der Waals surface area contributed by atoms with Crippen molar-refractivity contribution < 1.29 is 23.4 Å². The third kappa shape index (κ3) is 6.77. The van der Waals surface area contributed by atoms with E-state index in [1.165, 1.54) is 29.2 Å². The van der Waals surface area contributed by atoms with Crippen molar-refractivity contribution in [2.24, 2.45) is 7.05 Å². The van der Waals surface area contributed by atoms with Gasteiger partial charge in [0.2, 0.25) is 5.28 Å². The van der Waals surface area contributed by atoms with E-state index in [0.717, 1.165) is 28.2 Å². The van der Waals surface area contributed by atoms with Crippen LogP contribution >= 0.6 is 11.6 Å². The number of pyridine rings is 1. The summed E-state index contributed by atoms with van der Waals surface area (Å²) < 4.78 is 44.3. The lowest BCUT2D eigenvalue weighted by atomic mass is 9.96. The Morgan fingerprint density at radius 1 is 0.821 bits per heavy atom. The average molecular weight is 776 g/mol. The molecular formula is C41H36ClF2N9O3. The fourth-order valence-electron chi connectivity index (χ4n) is 7.20. The van der Waals surface area contributed by atoms with E-state index in [-0.39, 0.29) is 47.3 Å². The number of aromatic amines is 1. The summed E-state index contributed by atoms with van der Waals surface area (Å²) in [5.41, 5.74) is 4.23. The van der Waals surface area contributed by atoms with Gasteiger partial charge in [-0.25, -0.2) is 18.7 Å². The topological polar surface area (TPSA) is 130 Å². The number of nitrogens with zero attached hydrogens (tertiary/aromatic N) is 8. The average Bonchev–Trinajstić information content (AvgIpc) is 3.86. The minimum atomic E-state index is -0.690. The minimum absolute atomic E-state index is 0.0682. The summed E-state index contributed by atoms with van der Waals surface area (Å²) in [6.07, 6.45) is 4.66. The molecule has 0 spiro atoms. The molecule has 4 aromatic heterocycles. The lowest BCUT2D eigenvalue weighted by molar-refractivity contribution is 0.301. The van der Waals surface area contributed by atoms with Crippen molar-refractivity contribution in [2.45, 2.75) is 19.6 Å². The van der Waals surface area contributed by atoms with Gasteiger partial charge in [-0.05, 0) is 65.2 Å². The van der Waals surface area contributed by atoms with E-state index in [1.54, 1.807) is 27.5 Å². The molecule has 0 fully saturated rings. The number of rotatable bonds is 13. The van der Waals surface area contributed by atoms with Gasteiger partial charge in [0, 0.05) is 61.5 Å². The lowest BCUT2D eigenvalue weighted by Gasteiger charge is -2.30. The number of nitrogens with one attached hydrogen (secondary N) is 1. The van der Waals surface area contributed by atoms with Crippen molar-refractivity contribution in [3.63, 3.8) is 0 Å². The number of fused-ring (bicyclic) bond motifs is 4. The van der Waals surface area contributed by atoms with E-state index >= 15 is 4.39 Å². The standard InChI is InChI=1S/C41H36ClF2N9O3/c1-51-38-29(14-15-32(43)30(38)20-47-51)33-31-19-46-50-36(31)34-37(35(33)44)48-41(42)49-40(34)52(17-18-54)23-26-5-4-16-45-39(26)53(21-24-6-10-27(55-2)11-7-24)22-25-8-12-28(56-3)13-9-25/h4-16,19-20,54H,17-18,21-23H2,1-3H3,(H,46,50). The highest BCUT2D eigenvalue weighted by Crippen LogP contribution is 2.43. The Morgan fingerprint density at radius 2 is 1.52 bits per heavy atom. The maximum Gasteiger partial charge on any atom is 0.225 e. The summed E-state index contributed by atoms with van der Waals surface area (Å²) in [5.74, 6) is 1.32. The van der Waals surface area contributed by atoms with Crippen molar-refractivity contribution in [3.8, 4) is 22.6 Å². The van der Waals surface area contributed by atoms with E-state index in [4.69, 9.17) is 26.1 Å². The summed E-state index contributed by atoms with van der Waals surface area (Å²) in [5, 5.41) is 22.8. The first-order valence-corrected chi connectivity index (χ1v) is 18.1. The molecule has 8 rings (SSSR count). The Kier molecular flexibility index (Phi) is 10.1. The largest absolute Gasteiger partial charge is 0.497 e. The van der Waals surface area contributed by atoms with E-state index in [0.29, 0.717) is 46.3 Å². The second-order valence-electron chi connectivity index (χ2n) is 13.2. The number of halogens is 3. The summed E-state index contributed by atoms with van der Waals surface area (Å²) in [6.45, 7) is 1.10. The molecule has 0 aliphatic carbocycles. The van der Waals surface area contributed by atoms with E-state index in [2.05, 4.69) is 30.2 Å². The number of ether oxygens (including phenoxy) is 2. The zero-order valence-electron chi connectivity index (χ0n) is 30.7. The van der Waals surface area contributed by atoms with Crippen molar-refractivity contribution in [1.29, 1.82) is 0 Å². The van der Waals surface area contributed by atoms with E-state index < -0.39 is 11.6 Å². The fourth-order valence-corrected chi connectivity index (χ4v) is 7.36. The van der Waals surface area contributed by atoms with Crippen LogP contribution in [-0.2, 0) is 26.7 Å². The predicted octanol–water partition coefficient (Wildman–Crippen LogP) is 7.61. The second kappa shape index (κ2) is 15.4. The van der Waals surface area contributed by atoms with Crippen molar-refractivity contribution in [2.75, 3.05) is 37.2 Å². The number of methoxy groups -OCH3 is 2. The van der Waals surface area contributed by atoms with Crippen LogP contribution < -0.4 is 19.3 Å². The Labute approximate surface area is 324 Å². The van der Waals surface area contributed by atoms with Crippen LogP contribution in [0.5, 0.6) is 11.5 Å². The number of aliphatic hydroxyl groups excluding tert-OH is 1. The highest BCUT2D eigenvalue weighted by atomic mass is 35.5. The third-order valence-corrected chi connectivity index (χ3v) is 10.00. The van der Waals surface area contributed by atoms with E-state index in [1.807, 2.05) is 65.6 Å². The maximum absolute atomic E-state index is 17.1. The number of aromatic nitrogens is 7. The second-order valence-corrected chi connectivity index (χ2v) is 13.5. The minimum Gasteiger partial charge on any atom is -0.497 e. The molecule has 12 nitrogen and oxygen atoms in total. The summed E-state index contributed by atoms with van der Waals surface area (Å²) >= 11 is 6.59. The van der Waals surface area contributed by atoms with Crippen LogP contribution in [0, 0.1) is 11.6 Å². The number of hydrogen-bond acceptors (Lipinski definition) is 10. The van der Waals surface area contributed by atoms with Gasteiger partial charge in [-0.1, -0.05) is 30.3 Å². The van der Waals surface area contributed by atoms with Crippen molar-refractivity contribution >= 4 is 55.9 Å². The molecule has 0 unspecified atom stereocenters. The van der Waals surface area contributed by atoms with Gasteiger partial charge in [0.1, 0.15) is 34.5 Å². The smallest absolute Gasteiger partial charge is 0.225 e. The van der Waals surface area contributed by atoms with Gasteiger partial charge in [-0.3, -0.25) is 9.78 Å². The molecule has 0 saturated carbocycles. The Bertz CT molecular complexity index is 2640. The number of hydrogen-bond donors (Lipinski definition) is 2. The highest BCUT2D eigenvalue weighted by Gasteiger charge is 2.27. The molecule has 0 atom stereocenters. The number of H-pyrrole nitrogens is 1. The van der Waals surface area contributed by atoms with Gasteiger partial charge in [-0.15, -0.1) is 0 Å². The molecule has 4 heterocycles. The van der Waals surface area contributed by atoms with Gasteiger partial charge in [0.15, 0.2) is 5.82 Å². The lowest BCUT2D eigenvalue weighted by Crippen LogP contribution is -2.30. The normalized spacial score (nSPS) is 11.5. The monoisotopic (exact) mass is 775 g/mol. The fraction of sp³-hybridized carbons (Fsp3) is 0.195. The molecule has 0 radical (unpaired) electrons. The first-order chi connectivity index (χ1) is 27.3. The highest BCUT2D eigenvalue weighted by molar-refractivity contribution is 6.29. The molecule has 56 heavy (non-hydrogen) atoms. The predicted molar refractivity (Wildman–Crippen MR) is 212 cm³/mol. The van der Waals surface area contributed by atoms with Gasteiger partial charge in [0.05, 0.1) is 55.0 Å². The molecule has 0 amide bonds. The summed E-state index contributed by atoms with van der Waals surface area (Å²) in [4.78, 5) is 17.9. The number of anilines is 2. The maximum atomic E-state index is 17.1. The number of aliphatic hydroxyl groups is 1. The molecule has 284 valence electrons. The third-order valence-electron chi connectivity index (χ3n) is 9.83. The van der Waals surface area contributed by atoms with Crippen LogP contribution in [0.15, 0.2) is 91.4 Å². The zero-order valence-corrected chi connectivity index (χ0v) is 31.4. The molecule has 0 aliphatic rings. The van der Waals surface area contributed by atoms with Crippen LogP contribution in [0.2, 0.25) is 5.28 Å². The van der Waals surface area contributed by atoms with Crippen molar-refractivity contribution in [3.05, 3.63) is 125 Å². The number of benzene rings is 4. The Morgan fingerprint density at radius 3 is 2.18 bits per heavy atom. The first-order valence-electron chi connectivity index (χ1n) is 17.7. The van der Waals surface area contributed by atoms with Crippen LogP contribution in [0.4, 0.5) is 20.4 Å². The van der Waals surface area contributed by atoms with Crippen LogP contribution in [0.25, 0.3) is 43.8 Å². The quantitative estimate of drug-likeness (QED) is 0.113. The first kappa shape index (κ1) is 36.6. The van der Waals surface area contributed by atoms with Crippen LogP contribution in [-0.4, -0.2) is 67.4 Å². The Balaban J connectivity index is 1.25. The molecule has 0 aliphatic heterocycles. The summed E-state index contributed by atoms with van der Waals surface area (Å²) in [6, 6.07) is 22.3. The molecule has 0 saturated heterocycles. The SMILES string of the molecule is COc1ccc(CN(Cc2ccc(OC)cc2)c2ncccc2CN(CCO)c2nc(Cl)nc3c(F)c(-c4ccc(F)c5cnn(C)c45)c4cn[nH]c4c23)cc1. The van der Waals surface area contributed by atoms with Gasteiger partial charge in [-0.2, -0.15) is 15.2 Å². The summed E-state index contributed by atoms with van der Waals surface area (Å²) in [7, 11) is 4.93. The molecule has 2 N–H and O–H groups in total. The van der Waals surface area contributed by atoms with Crippen LogP contribution in [0.1, 0.15) is 16.7 Å². The van der Waals surface area contributed by atoms with Gasteiger partial charge in [0.25, 0.3) is 0 Å². The van der Waals surface area contributed by atoms with Gasteiger partial charge < -0.3 is 24.4 Å². The zero-order chi connectivity index (χ0) is 38.9. The van der Waals surface area contributed by atoms with Gasteiger partial charge >= 0.3 is 0 Å². The molecular weight excluding hydrogens is 740 g/mol. The van der Waals surface area contributed by atoms with E-state index in [9.17, 15) is 9.50 Å². The molecule has 4 aromatic carbocycles. The molecule has 8 aromatic rings. The number of aryl methyl sites for hydroxylation is 1. The molecule has 0 bridgehead atoms. The molecule has 15 heteroatoms. The van der Waals surface area contributed by atoms with Crippen LogP contribution in [0.3, 0.4) is 0 Å².